The number of nitrogens with zero attached hydrogens (tertiary/aromatic N) is 2. The predicted octanol–water partition coefficient (Wildman–Crippen LogP) is 4.41. The summed E-state index contributed by atoms with van der Waals surface area (Å²) in [5, 5.41) is 5.16. The van der Waals surface area contributed by atoms with Crippen LogP contribution in [-0.4, -0.2) is 50.7 Å². The Balaban J connectivity index is 1.35. The van der Waals surface area contributed by atoms with Crippen molar-refractivity contribution in [3.63, 3.8) is 0 Å². The van der Waals surface area contributed by atoms with Crippen molar-refractivity contribution in [1.29, 1.82) is 0 Å². The maximum Gasteiger partial charge on any atom is 0.418 e. The van der Waals surface area contributed by atoms with Gasteiger partial charge in [0.15, 0.2) is 0 Å². The number of halogens is 3. The van der Waals surface area contributed by atoms with E-state index in [1.165, 1.54) is 31.7 Å². The zero-order chi connectivity index (χ0) is 21.3. The number of carbonyl (C=O) groups excluding carboxylic acids is 1. The highest BCUT2D eigenvalue weighted by Gasteiger charge is 2.39. The van der Waals surface area contributed by atoms with Gasteiger partial charge in [-0.25, -0.2) is 4.79 Å². The summed E-state index contributed by atoms with van der Waals surface area (Å²) in [4.78, 5) is 16.3. The highest BCUT2D eigenvalue weighted by Crippen LogP contribution is 2.49. The third kappa shape index (κ3) is 4.85. The SMILES string of the molecule is CN1CCN(c2ccc(NC(=O)NCCC3CC4CCC3C4)c(C(F)(F)F)c2)CC1. The topological polar surface area (TPSA) is 47.6 Å². The number of anilines is 2. The second-order valence-electron chi connectivity index (χ2n) is 9.12. The molecule has 3 unspecified atom stereocenters. The fraction of sp³-hybridized carbons (Fsp3) is 0.682. The summed E-state index contributed by atoms with van der Waals surface area (Å²) in [5.74, 6) is 2.28. The van der Waals surface area contributed by atoms with Gasteiger partial charge in [0.2, 0.25) is 0 Å². The van der Waals surface area contributed by atoms with E-state index in [4.69, 9.17) is 0 Å². The van der Waals surface area contributed by atoms with E-state index in [1.807, 2.05) is 11.9 Å². The van der Waals surface area contributed by atoms with E-state index < -0.39 is 17.8 Å². The number of carbonyl (C=O) groups is 1. The molecule has 30 heavy (non-hydrogen) atoms. The van der Waals surface area contributed by atoms with Gasteiger partial charge in [0.1, 0.15) is 0 Å². The number of benzene rings is 1. The molecular weight excluding hydrogens is 393 g/mol. The summed E-state index contributed by atoms with van der Waals surface area (Å²) in [5.41, 5.74) is -0.461. The molecule has 0 radical (unpaired) electrons. The lowest BCUT2D eigenvalue weighted by Gasteiger charge is -2.34. The van der Waals surface area contributed by atoms with Crippen molar-refractivity contribution in [3.05, 3.63) is 23.8 Å². The van der Waals surface area contributed by atoms with E-state index in [-0.39, 0.29) is 5.69 Å². The number of piperazine rings is 1. The van der Waals surface area contributed by atoms with Gasteiger partial charge in [-0.2, -0.15) is 13.2 Å². The van der Waals surface area contributed by atoms with Gasteiger partial charge in [0.25, 0.3) is 0 Å². The Kier molecular flexibility index (Phi) is 6.14. The van der Waals surface area contributed by atoms with E-state index in [2.05, 4.69) is 15.5 Å². The molecule has 2 N–H and O–H groups in total. The van der Waals surface area contributed by atoms with E-state index in [9.17, 15) is 18.0 Å². The lowest BCUT2D eigenvalue weighted by atomic mass is 9.86. The Labute approximate surface area is 176 Å². The first-order valence-corrected chi connectivity index (χ1v) is 11.0. The van der Waals surface area contributed by atoms with Gasteiger partial charge >= 0.3 is 12.2 Å². The van der Waals surface area contributed by atoms with E-state index in [1.54, 1.807) is 6.07 Å². The Morgan fingerprint density at radius 3 is 2.53 bits per heavy atom. The molecule has 1 aromatic carbocycles. The van der Waals surface area contributed by atoms with E-state index >= 15 is 0 Å². The first-order chi connectivity index (χ1) is 14.3. The smallest absolute Gasteiger partial charge is 0.369 e. The summed E-state index contributed by atoms with van der Waals surface area (Å²) in [7, 11) is 2.00. The standard InChI is InChI=1S/C22H31F3N4O/c1-28-8-10-29(11-9-28)18-4-5-20(19(14-18)22(23,24)25)27-21(30)26-7-6-17-13-15-2-3-16(17)12-15/h4-5,14-17H,2-3,6-13H2,1H3,(H2,26,27,30). The average Bonchev–Trinajstić information content (AvgIpc) is 3.31. The second kappa shape index (κ2) is 8.65. The number of nitrogens with one attached hydrogen (secondary N) is 2. The zero-order valence-corrected chi connectivity index (χ0v) is 17.5. The number of rotatable bonds is 5. The van der Waals surface area contributed by atoms with Gasteiger partial charge in [-0.3, -0.25) is 0 Å². The minimum absolute atomic E-state index is 0.196. The van der Waals surface area contributed by atoms with Crippen molar-refractivity contribution in [2.45, 2.75) is 38.3 Å². The Bertz CT molecular complexity index is 761. The van der Waals surface area contributed by atoms with Crippen LogP contribution in [0.25, 0.3) is 0 Å². The van der Waals surface area contributed by atoms with Gasteiger partial charge in [-0.05, 0) is 68.7 Å². The van der Waals surface area contributed by atoms with Crippen molar-refractivity contribution < 1.29 is 18.0 Å². The molecular formula is C22H31F3N4O. The normalized spacial score (nSPS) is 26.8. The van der Waals surface area contributed by atoms with E-state index in [0.717, 1.165) is 37.4 Å². The van der Waals surface area contributed by atoms with Crippen molar-refractivity contribution in [3.8, 4) is 0 Å². The number of alkyl halides is 3. The number of fused-ring (bicyclic) bond motifs is 2. The minimum Gasteiger partial charge on any atom is -0.369 e. The average molecular weight is 425 g/mol. The fourth-order valence-electron chi connectivity index (χ4n) is 5.40. The minimum atomic E-state index is -4.53. The zero-order valence-electron chi connectivity index (χ0n) is 17.5. The molecule has 5 nitrogen and oxygen atoms in total. The molecule has 3 aliphatic rings. The molecule has 1 aromatic rings. The number of hydrogen-bond acceptors (Lipinski definition) is 3. The Hall–Kier alpha value is -1.96. The first kappa shape index (κ1) is 21.3. The van der Waals surface area contributed by atoms with Crippen LogP contribution >= 0.6 is 0 Å². The van der Waals surface area contributed by atoms with Crippen LogP contribution in [0.1, 0.15) is 37.7 Å². The maximum absolute atomic E-state index is 13.7. The van der Waals surface area contributed by atoms with Crippen molar-refractivity contribution in [1.82, 2.24) is 10.2 Å². The molecule has 1 saturated heterocycles. The van der Waals surface area contributed by atoms with Crippen LogP contribution in [0.3, 0.4) is 0 Å². The molecule has 0 aromatic heterocycles. The molecule has 1 heterocycles. The maximum atomic E-state index is 13.7. The van der Waals surface area contributed by atoms with Crippen LogP contribution in [0, 0.1) is 17.8 Å². The monoisotopic (exact) mass is 424 g/mol. The molecule has 3 fully saturated rings. The van der Waals surface area contributed by atoms with Crippen molar-refractivity contribution in [2.75, 3.05) is 50.0 Å². The van der Waals surface area contributed by atoms with Crippen LogP contribution in [-0.2, 0) is 6.18 Å². The number of likely N-dealkylation sites (N-methyl/N-ethyl adjacent to an activating group) is 1. The molecule has 2 amide bonds. The summed E-state index contributed by atoms with van der Waals surface area (Å²) >= 11 is 0. The molecule has 3 atom stereocenters. The number of hydrogen-bond donors (Lipinski definition) is 2. The van der Waals surface area contributed by atoms with Gasteiger partial charge in [0, 0.05) is 38.4 Å². The molecule has 166 valence electrons. The molecule has 2 saturated carbocycles. The van der Waals surface area contributed by atoms with Gasteiger partial charge in [-0.15, -0.1) is 0 Å². The molecule has 1 aliphatic heterocycles. The quantitative estimate of drug-likeness (QED) is 0.736. The summed E-state index contributed by atoms with van der Waals surface area (Å²) in [6, 6.07) is 3.60. The van der Waals surface area contributed by atoms with Crippen LogP contribution in [0.2, 0.25) is 0 Å². The number of urea groups is 1. The highest BCUT2D eigenvalue weighted by molar-refractivity contribution is 5.90. The number of amides is 2. The van der Waals surface area contributed by atoms with Crippen molar-refractivity contribution in [2.24, 2.45) is 17.8 Å². The second-order valence-corrected chi connectivity index (χ2v) is 9.12. The Morgan fingerprint density at radius 1 is 1.13 bits per heavy atom. The van der Waals surface area contributed by atoms with Crippen LogP contribution in [0.15, 0.2) is 18.2 Å². The predicted molar refractivity (Wildman–Crippen MR) is 112 cm³/mol. The van der Waals surface area contributed by atoms with Gasteiger partial charge < -0.3 is 20.4 Å². The van der Waals surface area contributed by atoms with Crippen LogP contribution < -0.4 is 15.5 Å². The van der Waals surface area contributed by atoms with E-state index in [0.29, 0.717) is 31.2 Å². The summed E-state index contributed by atoms with van der Waals surface area (Å²) < 4.78 is 41.0. The molecule has 4 rings (SSSR count). The lowest BCUT2D eigenvalue weighted by Crippen LogP contribution is -2.44. The van der Waals surface area contributed by atoms with Gasteiger partial charge in [-0.1, -0.05) is 6.42 Å². The highest BCUT2D eigenvalue weighted by atomic mass is 19.4. The van der Waals surface area contributed by atoms with Crippen LogP contribution in [0.4, 0.5) is 29.3 Å². The first-order valence-electron chi connectivity index (χ1n) is 11.0. The fourth-order valence-corrected chi connectivity index (χ4v) is 5.40. The summed E-state index contributed by atoms with van der Waals surface area (Å²) in [6.07, 6.45) is 1.54. The van der Waals surface area contributed by atoms with Crippen LogP contribution in [0.5, 0.6) is 0 Å². The third-order valence-corrected chi connectivity index (χ3v) is 7.11. The molecule has 2 aliphatic carbocycles. The van der Waals surface area contributed by atoms with Crippen molar-refractivity contribution >= 4 is 17.4 Å². The molecule has 8 heteroatoms. The van der Waals surface area contributed by atoms with Gasteiger partial charge in [0.05, 0.1) is 11.3 Å². The largest absolute Gasteiger partial charge is 0.418 e. The Morgan fingerprint density at radius 2 is 1.90 bits per heavy atom. The molecule has 0 spiro atoms. The lowest BCUT2D eigenvalue weighted by molar-refractivity contribution is -0.136. The molecule has 2 bridgehead atoms. The third-order valence-electron chi connectivity index (χ3n) is 7.11. The summed E-state index contributed by atoms with van der Waals surface area (Å²) in [6.45, 7) is 3.49.